The van der Waals surface area contributed by atoms with Crippen LogP contribution in [0.2, 0.25) is 5.15 Å². The molecule has 0 aliphatic heterocycles. The number of nitrogens with one attached hydrogen (secondary N) is 1. The average molecular weight is 278 g/mol. The molecule has 0 amide bonds. The van der Waals surface area contributed by atoms with Crippen molar-refractivity contribution in [1.82, 2.24) is 9.97 Å². The second kappa shape index (κ2) is 4.34. The lowest BCUT2D eigenvalue weighted by molar-refractivity contribution is 0.456. The molecule has 4 rings (SSSR count). The van der Waals surface area contributed by atoms with Gasteiger partial charge in [0.15, 0.2) is 0 Å². The number of nitrogens with zero attached hydrogens (tertiary/aromatic N) is 2. The van der Waals surface area contributed by atoms with Gasteiger partial charge in [-0.2, -0.15) is 0 Å². The largest absolute Gasteiger partial charge is 0.367 e. The Morgan fingerprint density at radius 3 is 2.68 bits per heavy atom. The van der Waals surface area contributed by atoms with Crippen LogP contribution < -0.4 is 5.32 Å². The van der Waals surface area contributed by atoms with E-state index in [9.17, 15) is 0 Å². The topological polar surface area (TPSA) is 37.8 Å². The van der Waals surface area contributed by atoms with Crippen molar-refractivity contribution in [3.8, 4) is 0 Å². The third kappa shape index (κ3) is 1.94. The van der Waals surface area contributed by atoms with Crippen molar-refractivity contribution in [3.63, 3.8) is 0 Å². The molecular formula is C15H20ClN3. The van der Waals surface area contributed by atoms with Crippen LogP contribution in [0.25, 0.3) is 0 Å². The molecule has 0 radical (unpaired) electrons. The van der Waals surface area contributed by atoms with Gasteiger partial charge in [-0.05, 0) is 49.4 Å². The monoisotopic (exact) mass is 277 g/mol. The predicted molar refractivity (Wildman–Crippen MR) is 76.3 cm³/mol. The molecule has 4 unspecified atom stereocenters. The highest BCUT2D eigenvalue weighted by atomic mass is 35.5. The Kier molecular flexibility index (Phi) is 2.73. The minimum atomic E-state index is 0.565. The zero-order valence-electron chi connectivity index (χ0n) is 11.3. The molecule has 0 spiro atoms. The van der Waals surface area contributed by atoms with Crippen molar-refractivity contribution in [2.24, 2.45) is 23.7 Å². The normalized spacial score (nSPS) is 38.3. The van der Waals surface area contributed by atoms with Gasteiger partial charge in [-0.3, -0.25) is 0 Å². The number of hydrogen-bond acceptors (Lipinski definition) is 3. The van der Waals surface area contributed by atoms with Gasteiger partial charge < -0.3 is 5.32 Å². The molecule has 3 fully saturated rings. The van der Waals surface area contributed by atoms with Crippen LogP contribution in [0.4, 0.5) is 5.82 Å². The van der Waals surface area contributed by atoms with Gasteiger partial charge in [0.25, 0.3) is 0 Å². The van der Waals surface area contributed by atoms with E-state index in [2.05, 4.69) is 22.2 Å². The van der Waals surface area contributed by atoms with Gasteiger partial charge in [0.05, 0.1) is 0 Å². The van der Waals surface area contributed by atoms with Crippen molar-refractivity contribution >= 4 is 17.4 Å². The van der Waals surface area contributed by atoms with E-state index < -0.39 is 0 Å². The molecule has 0 aromatic carbocycles. The Labute approximate surface area is 119 Å². The first-order chi connectivity index (χ1) is 9.26. The van der Waals surface area contributed by atoms with E-state index in [1.54, 1.807) is 0 Å². The lowest BCUT2D eigenvalue weighted by Gasteiger charge is -2.12. The summed E-state index contributed by atoms with van der Waals surface area (Å²) in [5.74, 6) is 5.61. The van der Waals surface area contributed by atoms with E-state index in [-0.39, 0.29) is 0 Å². The Morgan fingerprint density at radius 2 is 2.00 bits per heavy atom. The molecular weight excluding hydrogens is 258 g/mol. The molecule has 19 heavy (non-hydrogen) atoms. The van der Waals surface area contributed by atoms with Crippen LogP contribution in [0, 0.1) is 23.7 Å². The lowest BCUT2D eigenvalue weighted by atomic mass is 10.0. The van der Waals surface area contributed by atoms with Crippen LogP contribution in [0.15, 0.2) is 6.07 Å². The standard InChI is InChI=1S/C15H20ClN3/c1-2-3-11-17-10(16)7-12(18-11)19-15-13-8-4-5-9(6-8)14(13)15/h7-9,13-15H,2-6H2,1H3,(H,17,18,19). The molecule has 1 heterocycles. The molecule has 102 valence electrons. The molecule has 0 saturated heterocycles. The summed E-state index contributed by atoms with van der Waals surface area (Å²) in [5.41, 5.74) is 0. The quantitative estimate of drug-likeness (QED) is 0.856. The van der Waals surface area contributed by atoms with Gasteiger partial charge in [0, 0.05) is 18.5 Å². The van der Waals surface area contributed by atoms with Crippen molar-refractivity contribution in [2.75, 3.05) is 5.32 Å². The third-order valence-corrected chi connectivity index (χ3v) is 5.46. The lowest BCUT2D eigenvalue weighted by Crippen LogP contribution is -2.14. The first kappa shape index (κ1) is 12.0. The highest BCUT2D eigenvalue weighted by Crippen LogP contribution is 2.66. The molecule has 1 aromatic heterocycles. The maximum absolute atomic E-state index is 6.09. The van der Waals surface area contributed by atoms with Crippen LogP contribution in [-0.4, -0.2) is 16.0 Å². The summed E-state index contributed by atoms with van der Waals surface area (Å²) in [6, 6.07) is 2.53. The van der Waals surface area contributed by atoms with Crippen LogP contribution >= 0.6 is 11.6 Å². The Hall–Kier alpha value is -0.830. The van der Waals surface area contributed by atoms with Gasteiger partial charge in [-0.15, -0.1) is 0 Å². The summed E-state index contributed by atoms with van der Waals surface area (Å²) in [6.07, 6.45) is 6.35. The van der Waals surface area contributed by atoms with Gasteiger partial charge in [0.1, 0.15) is 16.8 Å². The highest BCUT2D eigenvalue weighted by molar-refractivity contribution is 6.29. The fourth-order valence-corrected chi connectivity index (χ4v) is 4.76. The summed E-state index contributed by atoms with van der Waals surface area (Å²) in [5, 5.41) is 4.19. The zero-order chi connectivity index (χ0) is 13.0. The van der Waals surface area contributed by atoms with Crippen LogP contribution in [0.1, 0.15) is 38.4 Å². The van der Waals surface area contributed by atoms with E-state index in [0.29, 0.717) is 11.2 Å². The molecule has 1 aromatic rings. The van der Waals surface area contributed by atoms with Crippen LogP contribution in [0.3, 0.4) is 0 Å². The second-order valence-electron chi connectivity index (χ2n) is 6.40. The van der Waals surface area contributed by atoms with Crippen molar-refractivity contribution in [3.05, 3.63) is 17.0 Å². The molecule has 3 saturated carbocycles. The van der Waals surface area contributed by atoms with Gasteiger partial charge >= 0.3 is 0 Å². The Morgan fingerprint density at radius 1 is 1.26 bits per heavy atom. The number of halogens is 1. The number of hydrogen-bond donors (Lipinski definition) is 1. The molecule has 4 heteroatoms. The SMILES string of the molecule is CCCc1nc(Cl)cc(NC2C3C4CCC(C4)C23)n1. The van der Waals surface area contributed by atoms with E-state index in [0.717, 1.165) is 48.2 Å². The fourth-order valence-electron chi connectivity index (χ4n) is 4.56. The molecule has 2 bridgehead atoms. The van der Waals surface area contributed by atoms with Crippen LogP contribution in [-0.2, 0) is 6.42 Å². The van der Waals surface area contributed by atoms with E-state index in [1.165, 1.54) is 19.3 Å². The maximum atomic E-state index is 6.09. The summed E-state index contributed by atoms with van der Waals surface area (Å²) in [6.45, 7) is 2.14. The van der Waals surface area contributed by atoms with Crippen molar-refractivity contribution < 1.29 is 0 Å². The van der Waals surface area contributed by atoms with Crippen LogP contribution in [0.5, 0.6) is 0 Å². The average Bonchev–Trinajstić information content (AvgIpc) is 2.78. The number of anilines is 1. The van der Waals surface area contributed by atoms with Gasteiger partial charge in [-0.1, -0.05) is 18.5 Å². The number of aryl methyl sites for hydroxylation is 1. The van der Waals surface area contributed by atoms with E-state index in [1.807, 2.05) is 6.07 Å². The number of aromatic nitrogens is 2. The van der Waals surface area contributed by atoms with E-state index >= 15 is 0 Å². The Balaban J connectivity index is 1.49. The third-order valence-electron chi connectivity index (χ3n) is 5.26. The minimum Gasteiger partial charge on any atom is -0.367 e. The van der Waals surface area contributed by atoms with Gasteiger partial charge in [-0.25, -0.2) is 9.97 Å². The minimum absolute atomic E-state index is 0.565. The summed E-state index contributed by atoms with van der Waals surface area (Å²) >= 11 is 6.09. The first-order valence-electron chi connectivity index (χ1n) is 7.56. The maximum Gasteiger partial charge on any atom is 0.134 e. The predicted octanol–water partition coefficient (Wildman–Crippen LogP) is 3.54. The number of rotatable bonds is 4. The second-order valence-corrected chi connectivity index (χ2v) is 6.79. The summed E-state index contributed by atoms with van der Waals surface area (Å²) < 4.78 is 0. The fraction of sp³-hybridized carbons (Fsp3) is 0.733. The van der Waals surface area contributed by atoms with Crippen molar-refractivity contribution in [1.29, 1.82) is 0 Å². The summed E-state index contributed by atoms with van der Waals surface area (Å²) in [7, 11) is 0. The molecule has 1 N–H and O–H groups in total. The zero-order valence-corrected chi connectivity index (χ0v) is 12.0. The molecule has 3 aliphatic carbocycles. The van der Waals surface area contributed by atoms with Crippen molar-refractivity contribution in [2.45, 2.75) is 45.1 Å². The highest BCUT2D eigenvalue weighted by Gasteiger charge is 2.65. The summed E-state index contributed by atoms with van der Waals surface area (Å²) in [4.78, 5) is 8.87. The first-order valence-corrected chi connectivity index (χ1v) is 7.94. The Bertz CT molecular complexity index is 488. The van der Waals surface area contributed by atoms with E-state index in [4.69, 9.17) is 11.6 Å². The van der Waals surface area contributed by atoms with Gasteiger partial charge in [0.2, 0.25) is 0 Å². The number of fused-ring (bicyclic) bond motifs is 5. The molecule has 3 aliphatic rings. The molecule has 3 nitrogen and oxygen atoms in total. The smallest absolute Gasteiger partial charge is 0.134 e. The molecule has 4 atom stereocenters.